The van der Waals surface area contributed by atoms with Crippen molar-refractivity contribution in [3.05, 3.63) is 100 Å². The van der Waals surface area contributed by atoms with Crippen molar-refractivity contribution in [3.63, 3.8) is 0 Å². The average Bonchev–Trinajstić information content (AvgIpc) is 3.19. The highest BCUT2D eigenvalue weighted by Gasteiger charge is 2.13. The largest absolute Gasteiger partial charge is 0.323 e. The van der Waals surface area contributed by atoms with Gasteiger partial charge in [-0.2, -0.15) is 0 Å². The average molecular weight is 495 g/mol. The minimum Gasteiger partial charge on any atom is -0.323 e. The SMILES string of the molecule is Cn1c(SCc2c(Cl)cccc2Cl)nnc1-c1ccc(NC(=O)/C=C/c2ccccc2)cc1. The second-order valence-electron chi connectivity index (χ2n) is 7.16. The number of nitrogens with one attached hydrogen (secondary N) is 1. The highest BCUT2D eigenvalue weighted by atomic mass is 35.5. The number of halogens is 2. The molecule has 0 bridgehead atoms. The van der Waals surface area contributed by atoms with Crippen LogP contribution in [0.15, 0.2) is 84.0 Å². The molecule has 33 heavy (non-hydrogen) atoms. The van der Waals surface area contributed by atoms with E-state index < -0.39 is 0 Å². The van der Waals surface area contributed by atoms with Crippen LogP contribution >= 0.6 is 35.0 Å². The summed E-state index contributed by atoms with van der Waals surface area (Å²) in [5, 5.41) is 13.5. The Balaban J connectivity index is 1.40. The van der Waals surface area contributed by atoms with Gasteiger partial charge in [-0.15, -0.1) is 10.2 Å². The van der Waals surface area contributed by atoms with Gasteiger partial charge in [-0.3, -0.25) is 4.79 Å². The Bertz CT molecular complexity index is 1270. The molecule has 0 aliphatic rings. The molecule has 0 spiro atoms. The second kappa shape index (κ2) is 10.7. The van der Waals surface area contributed by atoms with Gasteiger partial charge in [0.15, 0.2) is 11.0 Å². The normalized spacial score (nSPS) is 11.1. The van der Waals surface area contributed by atoms with Gasteiger partial charge in [0.1, 0.15) is 0 Å². The first kappa shape index (κ1) is 23.1. The summed E-state index contributed by atoms with van der Waals surface area (Å²) < 4.78 is 1.92. The fourth-order valence-electron chi connectivity index (χ4n) is 3.12. The third kappa shape index (κ3) is 5.85. The molecule has 0 unspecified atom stereocenters. The van der Waals surface area contributed by atoms with Crippen molar-refractivity contribution >= 4 is 52.6 Å². The van der Waals surface area contributed by atoms with E-state index in [1.54, 1.807) is 6.08 Å². The first-order chi connectivity index (χ1) is 16.0. The molecular formula is C25H20Cl2N4OS. The van der Waals surface area contributed by atoms with E-state index in [4.69, 9.17) is 23.2 Å². The maximum Gasteiger partial charge on any atom is 0.248 e. The summed E-state index contributed by atoms with van der Waals surface area (Å²) in [5.41, 5.74) is 3.43. The van der Waals surface area contributed by atoms with Gasteiger partial charge in [0.2, 0.25) is 5.91 Å². The second-order valence-corrected chi connectivity index (χ2v) is 8.92. The highest BCUT2D eigenvalue weighted by molar-refractivity contribution is 7.98. The minimum absolute atomic E-state index is 0.192. The fraction of sp³-hybridized carbons (Fsp3) is 0.0800. The van der Waals surface area contributed by atoms with Gasteiger partial charge in [-0.25, -0.2) is 0 Å². The molecule has 0 radical (unpaired) electrons. The molecule has 1 aromatic heterocycles. The van der Waals surface area contributed by atoms with Crippen LogP contribution in [0, 0.1) is 0 Å². The quantitative estimate of drug-likeness (QED) is 0.228. The van der Waals surface area contributed by atoms with Crippen LogP contribution in [0.4, 0.5) is 5.69 Å². The van der Waals surface area contributed by atoms with Crippen LogP contribution < -0.4 is 5.32 Å². The van der Waals surface area contributed by atoms with Crippen molar-refractivity contribution in [2.24, 2.45) is 7.05 Å². The Morgan fingerprint density at radius 2 is 1.67 bits per heavy atom. The Hall–Kier alpha value is -3.06. The number of anilines is 1. The van der Waals surface area contributed by atoms with Gasteiger partial charge in [-0.1, -0.05) is 71.4 Å². The molecule has 0 aliphatic carbocycles. The maximum atomic E-state index is 12.2. The summed E-state index contributed by atoms with van der Waals surface area (Å²) in [7, 11) is 1.91. The van der Waals surface area contributed by atoms with Crippen LogP contribution in [0.2, 0.25) is 10.0 Å². The monoisotopic (exact) mass is 494 g/mol. The van der Waals surface area contributed by atoms with E-state index in [-0.39, 0.29) is 5.91 Å². The van der Waals surface area contributed by atoms with E-state index in [0.717, 1.165) is 27.7 Å². The number of carbonyl (C=O) groups excluding carboxylic acids is 1. The lowest BCUT2D eigenvalue weighted by molar-refractivity contribution is -0.111. The summed E-state index contributed by atoms with van der Waals surface area (Å²) >= 11 is 14.0. The molecule has 5 nitrogen and oxygen atoms in total. The Labute approximate surface area is 206 Å². The first-order valence-corrected chi connectivity index (χ1v) is 11.8. The van der Waals surface area contributed by atoms with Crippen LogP contribution in [0.5, 0.6) is 0 Å². The van der Waals surface area contributed by atoms with Gasteiger partial charge in [0, 0.05) is 40.2 Å². The molecule has 8 heteroatoms. The van der Waals surface area contributed by atoms with Crippen molar-refractivity contribution in [3.8, 4) is 11.4 Å². The summed E-state index contributed by atoms with van der Waals surface area (Å²) in [5.74, 6) is 1.12. The maximum absolute atomic E-state index is 12.2. The molecule has 1 N–H and O–H groups in total. The van der Waals surface area contributed by atoms with Crippen molar-refractivity contribution in [1.29, 1.82) is 0 Å². The van der Waals surface area contributed by atoms with Gasteiger partial charge in [0.05, 0.1) is 0 Å². The fourth-order valence-corrected chi connectivity index (χ4v) is 4.77. The lowest BCUT2D eigenvalue weighted by Crippen LogP contribution is -2.07. The zero-order chi connectivity index (χ0) is 23.2. The Kier molecular flexibility index (Phi) is 7.50. The van der Waals surface area contributed by atoms with Crippen LogP contribution in [0.25, 0.3) is 17.5 Å². The van der Waals surface area contributed by atoms with E-state index in [9.17, 15) is 4.79 Å². The van der Waals surface area contributed by atoms with E-state index >= 15 is 0 Å². The molecular weight excluding hydrogens is 475 g/mol. The molecule has 166 valence electrons. The number of aromatic nitrogens is 3. The molecule has 4 rings (SSSR count). The number of hydrogen-bond acceptors (Lipinski definition) is 4. The molecule has 0 atom stereocenters. The molecule has 1 heterocycles. The van der Waals surface area contributed by atoms with Crippen molar-refractivity contribution in [1.82, 2.24) is 14.8 Å². The predicted molar refractivity (Wildman–Crippen MR) is 137 cm³/mol. The van der Waals surface area contributed by atoms with Crippen LogP contribution in [-0.4, -0.2) is 20.7 Å². The van der Waals surface area contributed by atoms with Gasteiger partial charge >= 0.3 is 0 Å². The highest BCUT2D eigenvalue weighted by Crippen LogP contribution is 2.32. The minimum atomic E-state index is -0.192. The lowest BCUT2D eigenvalue weighted by Gasteiger charge is -2.07. The van der Waals surface area contributed by atoms with Crippen LogP contribution in [-0.2, 0) is 17.6 Å². The number of amides is 1. The molecule has 4 aromatic rings. The van der Waals surface area contributed by atoms with Crippen LogP contribution in [0.1, 0.15) is 11.1 Å². The first-order valence-electron chi connectivity index (χ1n) is 10.1. The molecule has 0 saturated heterocycles. The van der Waals surface area contributed by atoms with Crippen LogP contribution in [0.3, 0.4) is 0 Å². The number of hydrogen-bond donors (Lipinski definition) is 1. The predicted octanol–water partition coefficient (Wildman–Crippen LogP) is 6.73. The van der Waals surface area contributed by atoms with E-state index in [1.807, 2.05) is 84.4 Å². The summed E-state index contributed by atoms with van der Waals surface area (Å²) in [4.78, 5) is 12.2. The summed E-state index contributed by atoms with van der Waals surface area (Å²) in [6.07, 6.45) is 3.29. The number of rotatable bonds is 7. The number of benzene rings is 3. The molecule has 0 aliphatic heterocycles. The summed E-state index contributed by atoms with van der Waals surface area (Å²) in [6, 6.07) is 22.6. The van der Waals surface area contributed by atoms with Crippen molar-refractivity contribution < 1.29 is 4.79 Å². The third-order valence-corrected chi connectivity index (χ3v) is 6.63. The molecule has 1 amide bonds. The third-order valence-electron chi connectivity index (χ3n) is 4.88. The molecule has 3 aromatic carbocycles. The zero-order valence-electron chi connectivity index (χ0n) is 17.7. The Morgan fingerprint density at radius 1 is 0.970 bits per heavy atom. The van der Waals surface area contributed by atoms with E-state index in [1.165, 1.54) is 17.8 Å². The standard InChI is InChI=1S/C25H20Cl2N4OS/c1-31-24(29-30-25(31)33-16-20-21(26)8-5-9-22(20)27)18-11-13-19(14-12-18)28-23(32)15-10-17-6-3-2-4-7-17/h2-15H,16H2,1H3,(H,28,32)/b15-10+. The van der Waals surface area contributed by atoms with Gasteiger partial charge in [0.25, 0.3) is 0 Å². The molecule has 0 saturated carbocycles. The van der Waals surface area contributed by atoms with Gasteiger partial charge < -0.3 is 9.88 Å². The molecule has 0 fully saturated rings. The lowest BCUT2D eigenvalue weighted by atomic mass is 10.2. The van der Waals surface area contributed by atoms with E-state index in [0.29, 0.717) is 21.5 Å². The smallest absolute Gasteiger partial charge is 0.248 e. The van der Waals surface area contributed by atoms with E-state index in [2.05, 4.69) is 15.5 Å². The number of nitrogens with zero attached hydrogens (tertiary/aromatic N) is 3. The summed E-state index contributed by atoms with van der Waals surface area (Å²) in [6.45, 7) is 0. The zero-order valence-corrected chi connectivity index (χ0v) is 20.0. The van der Waals surface area contributed by atoms with Gasteiger partial charge in [-0.05, 0) is 53.6 Å². The topological polar surface area (TPSA) is 59.8 Å². The van der Waals surface area contributed by atoms with Crippen molar-refractivity contribution in [2.45, 2.75) is 10.9 Å². The van der Waals surface area contributed by atoms with Crippen molar-refractivity contribution in [2.75, 3.05) is 5.32 Å². The Morgan fingerprint density at radius 3 is 2.36 bits per heavy atom. The number of carbonyl (C=O) groups is 1. The number of thioether (sulfide) groups is 1.